The number of nitrogens with zero attached hydrogens (tertiary/aromatic N) is 3. The van der Waals surface area contributed by atoms with E-state index in [9.17, 15) is 0 Å². The fourth-order valence-corrected chi connectivity index (χ4v) is 2.01. The Hall–Kier alpha value is -1.81. The van der Waals surface area contributed by atoms with E-state index in [2.05, 4.69) is 34.1 Å². The highest BCUT2D eigenvalue weighted by molar-refractivity contribution is 5.14. The normalized spacial score (nSPS) is 14.2. The van der Waals surface area contributed by atoms with Crippen LogP contribution in [0.3, 0.4) is 0 Å². The maximum Gasteiger partial charge on any atom is 0.0782 e. The van der Waals surface area contributed by atoms with Crippen LogP contribution in [-0.4, -0.2) is 15.0 Å². The third-order valence-electron chi connectivity index (χ3n) is 2.96. The summed E-state index contributed by atoms with van der Waals surface area (Å²) < 4.78 is 0. The van der Waals surface area contributed by atoms with E-state index >= 15 is 0 Å². The van der Waals surface area contributed by atoms with Gasteiger partial charge in [-0.25, -0.2) is 0 Å². The van der Waals surface area contributed by atoms with Gasteiger partial charge in [-0.3, -0.25) is 15.0 Å². The highest BCUT2D eigenvalue weighted by Crippen LogP contribution is 2.17. The summed E-state index contributed by atoms with van der Waals surface area (Å²) in [6.45, 7) is 6.17. The molecule has 0 spiro atoms. The monoisotopic (exact) mass is 242 g/mol. The van der Waals surface area contributed by atoms with Gasteiger partial charge in [0.25, 0.3) is 0 Å². The molecule has 0 saturated carbocycles. The van der Waals surface area contributed by atoms with Gasteiger partial charge in [0.2, 0.25) is 0 Å². The Morgan fingerprint density at radius 1 is 0.944 bits per heavy atom. The summed E-state index contributed by atoms with van der Waals surface area (Å²) in [4.78, 5) is 13.0. The molecule has 1 unspecified atom stereocenters. The second-order valence-corrected chi connectivity index (χ2v) is 4.39. The average molecular weight is 242 g/mol. The fraction of sp³-hybridized carbons (Fsp3) is 0.357. The summed E-state index contributed by atoms with van der Waals surface area (Å²) in [5.41, 5.74) is 2.98. The first-order valence-electron chi connectivity index (χ1n) is 6.13. The number of hydrogen-bond donors (Lipinski definition) is 1. The van der Waals surface area contributed by atoms with Crippen LogP contribution in [0.2, 0.25) is 0 Å². The Morgan fingerprint density at radius 2 is 1.72 bits per heavy atom. The Balaban J connectivity index is 2.08. The standard InChI is InChI=1S/C14H18N4/c1-10(13-6-4-5-7-16-13)18-12(3)14-11(2)15-8-9-17-14/h4-10,12,18H,1-3H3/t10-,12?/m1/s1. The van der Waals surface area contributed by atoms with E-state index in [1.54, 1.807) is 12.4 Å². The zero-order valence-corrected chi connectivity index (χ0v) is 11.0. The van der Waals surface area contributed by atoms with E-state index in [4.69, 9.17) is 0 Å². The molecule has 0 bridgehead atoms. The van der Waals surface area contributed by atoms with Crippen molar-refractivity contribution in [2.24, 2.45) is 0 Å². The van der Waals surface area contributed by atoms with Crippen molar-refractivity contribution in [3.63, 3.8) is 0 Å². The molecule has 2 atom stereocenters. The lowest BCUT2D eigenvalue weighted by molar-refractivity contribution is 0.475. The van der Waals surface area contributed by atoms with Crippen molar-refractivity contribution in [2.45, 2.75) is 32.9 Å². The number of pyridine rings is 1. The molecule has 0 aliphatic carbocycles. The van der Waals surface area contributed by atoms with Crippen molar-refractivity contribution in [3.8, 4) is 0 Å². The van der Waals surface area contributed by atoms with E-state index < -0.39 is 0 Å². The minimum absolute atomic E-state index is 0.149. The third kappa shape index (κ3) is 2.90. The predicted octanol–water partition coefficient (Wildman–Crippen LogP) is 2.59. The molecule has 1 N–H and O–H groups in total. The van der Waals surface area contributed by atoms with Gasteiger partial charge in [0.05, 0.1) is 17.1 Å². The number of aryl methyl sites for hydroxylation is 1. The quantitative estimate of drug-likeness (QED) is 0.895. The first kappa shape index (κ1) is 12.6. The lowest BCUT2D eigenvalue weighted by Gasteiger charge is -2.20. The molecule has 2 heterocycles. The molecular formula is C14H18N4. The first-order chi connectivity index (χ1) is 8.68. The van der Waals surface area contributed by atoms with Crippen LogP contribution in [0.15, 0.2) is 36.8 Å². The van der Waals surface area contributed by atoms with Gasteiger partial charge in [-0.2, -0.15) is 0 Å². The predicted molar refractivity (Wildman–Crippen MR) is 71.0 cm³/mol. The third-order valence-corrected chi connectivity index (χ3v) is 2.96. The maximum absolute atomic E-state index is 4.38. The zero-order chi connectivity index (χ0) is 13.0. The molecule has 0 fully saturated rings. The van der Waals surface area contributed by atoms with E-state index in [0.29, 0.717) is 0 Å². The lowest BCUT2D eigenvalue weighted by atomic mass is 10.1. The molecule has 0 aromatic carbocycles. The van der Waals surface area contributed by atoms with Gasteiger partial charge in [0.1, 0.15) is 0 Å². The summed E-state index contributed by atoms with van der Waals surface area (Å²) in [7, 11) is 0. The lowest BCUT2D eigenvalue weighted by Crippen LogP contribution is -2.24. The van der Waals surface area contributed by atoms with Crippen molar-refractivity contribution < 1.29 is 0 Å². The Bertz CT molecular complexity index is 498. The summed E-state index contributed by atoms with van der Waals surface area (Å²) in [6.07, 6.45) is 5.26. The van der Waals surface area contributed by atoms with E-state index in [1.807, 2.05) is 31.3 Å². The topological polar surface area (TPSA) is 50.7 Å². The Kier molecular flexibility index (Phi) is 3.99. The van der Waals surface area contributed by atoms with Crippen molar-refractivity contribution in [1.29, 1.82) is 0 Å². The van der Waals surface area contributed by atoms with Gasteiger partial charge in [0, 0.05) is 30.7 Å². The summed E-state index contributed by atoms with van der Waals surface area (Å²) >= 11 is 0. The molecule has 2 aromatic rings. The molecule has 0 aliphatic rings. The van der Waals surface area contributed by atoms with Crippen LogP contribution in [0.1, 0.15) is 43.0 Å². The number of aromatic nitrogens is 3. The molecular weight excluding hydrogens is 224 g/mol. The summed E-state index contributed by atoms with van der Waals surface area (Å²) in [6, 6.07) is 6.28. The molecule has 94 valence electrons. The van der Waals surface area contributed by atoms with Gasteiger partial charge in [0.15, 0.2) is 0 Å². The molecule has 4 heteroatoms. The highest BCUT2D eigenvalue weighted by Gasteiger charge is 2.14. The zero-order valence-electron chi connectivity index (χ0n) is 11.0. The van der Waals surface area contributed by atoms with Crippen LogP contribution in [0.4, 0.5) is 0 Å². The second kappa shape index (κ2) is 5.69. The van der Waals surface area contributed by atoms with E-state index in [1.165, 1.54) is 0 Å². The van der Waals surface area contributed by atoms with Gasteiger partial charge >= 0.3 is 0 Å². The molecule has 0 amide bonds. The molecule has 18 heavy (non-hydrogen) atoms. The molecule has 2 aromatic heterocycles. The van der Waals surface area contributed by atoms with Crippen LogP contribution < -0.4 is 5.32 Å². The minimum atomic E-state index is 0.149. The van der Waals surface area contributed by atoms with Crippen LogP contribution in [0.25, 0.3) is 0 Å². The smallest absolute Gasteiger partial charge is 0.0782 e. The van der Waals surface area contributed by atoms with Crippen molar-refractivity contribution in [3.05, 3.63) is 53.9 Å². The van der Waals surface area contributed by atoms with Gasteiger partial charge in [-0.05, 0) is 32.9 Å². The number of rotatable bonds is 4. The summed E-state index contributed by atoms with van der Waals surface area (Å²) in [5.74, 6) is 0. The molecule has 2 rings (SSSR count). The van der Waals surface area contributed by atoms with Gasteiger partial charge < -0.3 is 5.32 Å². The number of hydrogen-bond acceptors (Lipinski definition) is 4. The molecule has 4 nitrogen and oxygen atoms in total. The van der Waals surface area contributed by atoms with Crippen molar-refractivity contribution in [1.82, 2.24) is 20.3 Å². The van der Waals surface area contributed by atoms with Crippen LogP contribution in [0, 0.1) is 6.92 Å². The molecule has 0 saturated heterocycles. The van der Waals surface area contributed by atoms with E-state index in [0.717, 1.165) is 17.1 Å². The van der Waals surface area contributed by atoms with Crippen LogP contribution in [-0.2, 0) is 0 Å². The first-order valence-corrected chi connectivity index (χ1v) is 6.13. The SMILES string of the molecule is Cc1nccnc1C(C)N[C@H](C)c1ccccn1. The summed E-state index contributed by atoms with van der Waals surface area (Å²) in [5, 5.41) is 3.49. The van der Waals surface area contributed by atoms with Gasteiger partial charge in [-0.15, -0.1) is 0 Å². The van der Waals surface area contributed by atoms with Crippen molar-refractivity contribution >= 4 is 0 Å². The fourth-order valence-electron chi connectivity index (χ4n) is 2.01. The van der Waals surface area contributed by atoms with Crippen LogP contribution >= 0.6 is 0 Å². The van der Waals surface area contributed by atoms with Crippen molar-refractivity contribution in [2.75, 3.05) is 0 Å². The molecule has 0 aliphatic heterocycles. The van der Waals surface area contributed by atoms with E-state index in [-0.39, 0.29) is 12.1 Å². The van der Waals surface area contributed by atoms with Gasteiger partial charge in [-0.1, -0.05) is 6.07 Å². The second-order valence-electron chi connectivity index (χ2n) is 4.39. The number of nitrogens with one attached hydrogen (secondary N) is 1. The molecule has 0 radical (unpaired) electrons. The maximum atomic E-state index is 4.38. The average Bonchev–Trinajstić information content (AvgIpc) is 2.40. The minimum Gasteiger partial charge on any atom is -0.301 e. The highest BCUT2D eigenvalue weighted by atomic mass is 15.0. The Labute approximate surface area is 108 Å². The van der Waals surface area contributed by atoms with Crippen LogP contribution in [0.5, 0.6) is 0 Å². The largest absolute Gasteiger partial charge is 0.301 e. The Morgan fingerprint density at radius 3 is 2.39 bits per heavy atom.